The van der Waals surface area contributed by atoms with Gasteiger partial charge in [0.25, 0.3) is 11.5 Å². The van der Waals surface area contributed by atoms with Gasteiger partial charge in [-0.2, -0.15) is 0 Å². The Hall–Kier alpha value is -2.21. The number of aliphatic hydroxyl groups excluding tert-OH is 1. The van der Waals surface area contributed by atoms with E-state index in [0.717, 1.165) is 18.4 Å². The molecule has 0 bridgehead atoms. The maximum Gasteiger partial charge on any atom is 0.270 e. The van der Waals surface area contributed by atoms with Crippen molar-refractivity contribution in [3.63, 3.8) is 0 Å². The Morgan fingerprint density at radius 3 is 2.78 bits per heavy atom. The summed E-state index contributed by atoms with van der Waals surface area (Å²) in [6.45, 7) is 5.00. The van der Waals surface area contributed by atoms with E-state index >= 15 is 0 Å². The maximum atomic E-state index is 12.7. The summed E-state index contributed by atoms with van der Waals surface area (Å²) in [5, 5.41) is 9.00. The van der Waals surface area contributed by atoms with Crippen LogP contribution in [0.15, 0.2) is 29.3 Å². The fourth-order valence-electron chi connectivity index (χ4n) is 2.42. The number of nitrogens with zero attached hydrogens (tertiary/aromatic N) is 3. The lowest BCUT2D eigenvalue weighted by atomic mass is 10.2. The number of hydrogen-bond donors (Lipinski definition) is 1. The molecule has 0 unspecified atom stereocenters. The van der Waals surface area contributed by atoms with E-state index in [1.54, 1.807) is 17.2 Å². The molecule has 1 amide bonds. The fourth-order valence-corrected chi connectivity index (χ4v) is 2.42. The van der Waals surface area contributed by atoms with Gasteiger partial charge < -0.3 is 10.0 Å². The Bertz CT molecular complexity index is 731. The standard InChI is InChI=1S/C17H23N3O3/c1-3-4-7-19(8-5-10-21)16(22)14-12-18-15-11-13(2)6-9-20(15)17(14)23/h6,9,11-12,21H,3-5,7-8,10H2,1-2H3. The van der Waals surface area contributed by atoms with Crippen molar-refractivity contribution < 1.29 is 9.90 Å². The molecule has 0 radical (unpaired) electrons. The summed E-state index contributed by atoms with van der Waals surface area (Å²) in [6.07, 6.45) is 5.31. The molecule has 2 aromatic heterocycles. The number of aliphatic hydroxyl groups is 1. The number of unbranched alkanes of at least 4 members (excludes halogenated alkanes) is 1. The highest BCUT2D eigenvalue weighted by molar-refractivity contribution is 5.93. The molecule has 23 heavy (non-hydrogen) atoms. The number of aryl methyl sites for hydroxylation is 1. The van der Waals surface area contributed by atoms with E-state index in [-0.39, 0.29) is 23.6 Å². The number of fused-ring (bicyclic) bond motifs is 1. The number of pyridine rings is 1. The SMILES string of the molecule is CCCCN(CCCO)C(=O)c1cnc2cc(C)ccn2c1=O. The predicted molar refractivity (Wildman–Crippen MR) is 88.7 cm³/mol. The molecular weight excluding hydrogens is 294 g/mol. The van der Waals surface area contributed by atoms with Crippen LogP contribution >= 0.6 is 0 Å². The Kier molecular flexibility index (Phi) is 5.87. The van der Waals surface area contributed by atoms with E-state index in [2.05, 4.69) is 4.98 Å². The Morgan fingerprint density at radius 2 is 2.09 bits per heavy atom. The van der Waals surface area contributed by atoms with Crippen LogP contribution in [-0.2, 0) is 0 Å². The molecule has 0 saturated carbocycles. The average Bonchev–Trinajstić information content (AvgIpc) is 2.54. The van der Waals surface area contributed by atoms with Crippen LogP contribution in [0.1, 0.15) is 42.1 Å². The van der Waals surface area contributed by atoms with Crippen molar-refractivity contribution in [2.45, 2.75) is 33.1 Å². The van der Waals surface area contributed by atoms with Crippen molar-refractivity contribution >= 4 is 11.6 Å². The molecule has 0 aliphatic carbocycles. The molecule has 0 atom stereocenters. The smallest absolute Gasteiger partial charge is 0.270 e. The molecule has 124 valence electrons. The minimum Gasteiger partial charge on any atom is -0.396 e. The molecule has 6 heteroatoms. The largest absolute Gasteiger partial charge is 0.396 e. The highest BCUT2D eigenvalue weighted by atomic mass is 16.3. The molecule has 0 aromatic carbocycles. The molecule has 0 aliphatic rings. The van der Waals surface area contributed by atoms with Gasteiger partial charge in [0.05, 0.1) is 0 Å². The third-order valence-electron chi connectivity index (χ3n) is 3.75. The van der Waals surface area contributed by atoms with E-state index < -0.39 is 0 Å². The zero-order valence-corrected chi connectivity index (χ0v) is 13.7. The molecule has 2 heterocycles. The zero-order valence-electron chi connectivity index (χ0n) is 13.7. The van der Waals surface area contributed by atoms with Gasteiger partial charge in [-0.3, -0.25) is 14.0 Å². The van der Waals surface area contributed by atoms with Gasteiger partial charge in [0.1, 0.15) is 11.2 Å². The number of hydrogen-bond acceptors (Lipinski definition) is 4. The molecule has 2 rings (SSSR count). The van der Waals surface area contributed by atoms with Gasteiger partial charge in [0.2, 0.25) is 0 Å². The number of amides is 1. The molecule has 0 spiro atoms. The van der Waals surface area contributed by atoms with Gasteiger partial charge in [-0.25, -0.2) is 4.98 Å². The molecule has 2 aromatic rings. The van der Waals surface area contributed by atoms with E-state index in [9.17, 15) is 9.59 Å². The Balaban J connectivity index is 2.36. The molecule has 0 saturated heterocycles. The van der Waals surface area contributed by atoms with E-state index in [4.69, 9.17) is 5.11 Å². The Labute approximate surface area is 135 Å². The lowest BCUT2D eigenvalue weighted by Gasteiger charge is -2.22. The maximum absolute atomic E-state index is 12.7. The third-order valence-corrected chi connectivity index (χ3v) is 3.75. The molecule has 6 nitrogen and oxygen atoms in total. The number of carbonyl (C=O) groups excluding carboxylic acids is 1. The third kappa shape index (κ3) is 3.96. The minimum atomic E-state index is -0.356. The first-order chi connectivity index (χ1) is 11.1. The lowest BCUT2D eigenvalue weighted by molar-refractivity contribution is 0.0740. The van der Waals surface area contributed by atoms with Crippen LogP contribution in [0.4, 0.5) is 0 Å². The zero-order chi connectivity index (χ0) is 16.8. The van der Waals surface area contributed by atoms with Crippen LogP contribution in [-0.4, -0.2) is 45.0 Å². The fraction of sp³-hybridized carbons (Fsp3) is 0.471. The van der Waals surface area contributed by atoms with Crippen molar-refractivity contribution in [3.05, 3.63) is 46.0 Å². The summed E-state index contributed by atoms with van der Waals surface area (Å²) in [5.74, 6) is -0.320. The van der Waals surface area contributed by atoms with Crippen LogP contribution < -0.4 is 5.56 Å². The highest BCUT2D eigenvalue weighted by Gasteiger charge is 2.19. The van der Waals surface area contributed by atoms with Gasteiger partial charge in [-0.05, 0) is 37.5 Å². The molecule has 0 aliphatic heterocycles. The lowest BCUT2D eigenvalue weighted by Crippen LogP contribution is -2.37. The first-order valence-corrected chi connectivity index (χ1v) is 7.96. The highest BCUT2D eigenvalue weighted by Crippen LogP contribution is 2.06. The van der Waals surface area contributed by atoms with Crippen molar-refractivity contribution in [1.29, 1.82) is 0 Å². The van der Waals surface area contributed by atoms with Gasteiger partial charge in [-0.1, -0.05) is 13.3 Å². The first-order valence-electron chi connectivity index (χ1n) is 7.96. The van der Waals surface area contributed by atoms with Crippen LogP contribution in [0.5, 0.6) is 0 Å². The van der Waals surface area contributed by atoms with Crippen molar-refractivity contribution in [3.8, 4) is 0 Å². The summed E-state index contributed by atoms with van der Waals surface area (Å²) in [4.78, 5) is 31.1. The molecular formula is C17H23N3O3. The second kappa shape index (κ2) is 7.87. The van der Waals surface area contributed by atoms with Gasteiger partial charge in [0, 0.05) is 32.1 Å². The summed E-state index contributed by atoms with van der Waals surface area (Å²) in [7, 11) is 0. The topological polar surface area (TPSA) is 74.9 Å². The summed E-state index contributed by atoms with van der Waals surface area (Å²) < 4.78 is 1.39. The number of carbonyl (C=O) groups is 1. The van der Waals surface area contributed by atoms with Crippen molar-refractivity contribution in [2.24, 2.45) is 0 Å². The minimum absolute atomic E-state index is 0.0180. The van der Waals surface area contributed by atoms with E-state index in [0.29, 0.717) is 25.2 Å². The summed E-state index contributed by atoms with van der Waals surface area (Å²) in [6, 6.07) is 3.61. The monoisotopic (exact) mass is 317 g/mol. The second-order valence-corrected chi connectivity index (χ2v) is 5.63. The van der Waals surface area contributed by atoms with Crippen molar-refractivity contribution in [2.75, 3.05) is 19.7 Å². The second-order valence-electron chi connectivity index (χ2n) is 5.63. The van der Waals surface area contributed by atoms with Crippen LogP contribution in [0.2, 0.25) is 0 Å². The first kappa shape index (κ1) is 17.1. The summed E-state index contributed by atoms with van der Waals surface area (Å²) in [5.41, 5.74) is 1.25. The average molecular weight is 317 g/mol. The quantitative estimate of drug-likeness (QED) is 0.842. The van der Waals surface area contributed by atoms with Gasteiger partial charge in [-0.15, -0.1) is 0 Å². The Morgan fingerprint density at radius 1 is 1.35 bits per heavy atom. The van der Waals surface area contributed by atoms with Crippen LogP contribution in [0.3, 0.4) is 0 Å². The number of rotatable bonds is 7. The van der Waals surface area contributed by atoms with Crippen LogP contribution in [0.25, 0.3) is 5.65 Å². The van der Waals surface area contributed by atoms with E-state index in [1.165, 1.54) is 10.6 Å². The van der Waals surface area contributed by atoms with Crippen molar-refractivity contribution in [1.82, 2.24) is 14.3 Å². The summed E-state index contributed by atoms with van der Waals surface area (Å²) >= 11 is 0. The van der Waals surface area contributed by atoms with E-state index in [1.807, 2.05) is 19.9 Å². The normalized spacial score (nSPS) is 10.9. The van der Waals surface area contributed by atoms with Gasteiger partial charge >= 0.3 is 0 Å². The van der Waals surface area contributed by atoms with Crippen LogP contribution in [0, 0.1) is 6.92 Å². The molecule has 1 N–H and O–H groups in total. The molecule has 0 fully saturated rings. The number of aromatic nitrogens is 2. The predicted octanol–water partition coefficient (Wildman–Crippen LogP) is 1.63. The van der Waals surface area contributed by atoms with Gasteiger partial charge in [0.15, 0.2) is 0 Å².